The summed E-state index contributed by atoms with van der Waals surface area (Å²) in [7, 11) is 0. The topological polar surface area (TPSA) is 56.5 Å². The predicted molar refractivity (Wildman–Crippen MR) is 177 cm³/mol. The molecule has 0 fully saturated rings. The summed E-state index contributed by atoms with van der Waals surface area (Å²) in [5, 5.41) is 2.46. The average Bonchev–Trinajstić information content (AvgIpc) is 3.62. The van der Waals surface area contributed by atoms with Crippen molar-refractivity contribution in [2.75, 3.05) is 0 Å². The Hall–Kier alpha value is -5.94. The largest absolute Gasteiger partial charge is 0.294 e. The Balaban J connectivity index is 1.18. The van der Waals surface area contributed by atoms with E-state index in [9.17, 15) is 0 Å². The van der Waals surface area contributed by atoms with E-state index in [0.717, 1.165) is 40.0 Å². The fourth-order valence-corrected chi connectivity index (χ4v) is 6.43. The van der Waals surface area contributed by atoms with E-state index in [1.807, 2.05) is 66.9 Å². The van der Waals surface area contributed by atoms with E-state index < -0.39 is 0 Å². The van der Waals surface area contributed by atoms with Gasteiger partial charge in [0, 0.05) is 33.7 Å². The van der Waals surface area contributed by atoms with E-state index in [2.05, 4.69) is 77.4 Å². The van der Waals surface area contributed by atoms with E-state index in [4.69, 9.17) is 19.9 Å². The first-order valence-electron chi connectivity index (χ1n) is 14.8. The molecule has 0 aliphatic heterocycles. The number of hydrogen-bond donors (Lipinski definition) is 0. The minimum absolute atomic E-state index is 0.592. The second-order valence-corrected chi connectivity index (χ2v) is 11.2. The molecule has 0 saturated carbocycles. The predicted octanol–water partition coefficient (Wildman–Crippen LogP) is 8.94. The van der Waals surface area contributed by atoms with Gasteiger partial charge in [0.15, 0.2) is 17.5 Å². The van der Waals surface area contributed by atoms with Crippen LogP contribution in [-0.4, -0.2) is 24.5 Å². The van der Waals surface area contributed by atoms with Gasteiger partial charge in [0.25, 0.3) is 0 Å². The van der Waals surface area contributed by atoms with Crippen LogP contribution in [0.2, 0.25) is 0 Å². The maximum atomic E-state index is 5.00. The van der Waals surface area contributed by atoms with E-state index in [-0.39, 0.29) is 0 Å². The standard InChI is InChI=1S/C39H25N5/c1-3-11-25(12-4-1)37-41-38(26-13-5-2-6-14-26)43-39(42-37)28-19-20-36(40-24-28)44-34-18-10-9-17-31(34)33-23-32-29(22-35(33)44)21-27-15-7-8-16-30(27)32/h1-20,22-24H,21H2. The molecule has 9 rings (SSSR count). The van der Waals surface area contributed by atoms with Crippen LogP contribution < -0.4 is 0 Å². The molecule has 0 amide bonds. The molecule has 3 heterocycles. The summed E-state index contributed by atoms with van der Waals surface area (Å²) in [6, 6.07) is 46.2. The lowest BCUT2D eigenvalue weighted by molar-refractivity contribution is 1.05. The zero-order valence-corrected chi connectivity index (χ0v) is 23.7. The summed E-state index contributed by atoms with van der Waals surface area (Å²) >= 11 is 0. The summed E-state index contributed by atoms with van der Waals surface area (Å²) in [5.74, 6) is 2.72. The van der Waals surface area contributed by atoms with Crippen molar-refractivity contribution in [1.29, 1.82) is 0 Å². The SMILES string of the molecule is c1ccc(-c2nc(-c3ccccc3)nc(-c3ccc(-n4c5ccccc5c5cc6c(cc54)Cc4ccccc4-6)nc3)n2)cc1. The number of rotatable bonds is 4. The molecular weight excluding hydrogens is 538 g/mol. The van der Waals surface area contributed by atoms with E-state index >= 15 is 0 Å². The smallest absolute Gasteiger partial charge is 0.165 e. The Bertz CT molecular complexity index is 2280. The Kier molecular flexibility index (Phi) is 5.50. The zero-order chi connectivity index (χ0) is 29.0. The highest BCUT2D eigenvalue weighted by atomic mass is 15.1. The highest BCUT2D eigenvalue weighted by Crippen LogP contribution is 2.42. The van der Waals surface area contributed by atoms with Crippen LogP contribution in [0.5, 0.6) is 0 Å². The van der Waals surface area contributed by atoms with Crippen LogP contribution in [0.4, 0.5) is 0 Å². The Labute approximate surface area is 254 Å². The van der Waals surface area contributed by atoms with Crippen molar-refractivity contribution in [3.8, 4) is 51.1 Å². The zero-order valence-electron chi connectivity index (χ0n) is 23.7. The molecule has 5 heteroatoms. The molecule has 5 nitrogen and oxygen atoms in total. The van der Waals surface area contributed by atoms with E-state index in [1.54, 1.807) is 0 Å². The molecule has 44 heavy (non-hydrogen) atoms. The second-order valence-electron chi connectivity index (χ2n) is 11.2. The molecule has 1 aliphatic carbocycles. The summed E-state index contributed by atoms with van der Waals surface area (Å²) in [6.07, 6.45) is 2.82. The molecule has 0 spiro atoms. The lowest BCUT2D eigenvalue weighted by Crippen LogP contribution is -2.01. The van der Waals surface area contributed by atoms with Crippen molar-refractivity contribution >= 4 is 21.8 Å². The molecule has 0 bridgehead atoms. The Morgan fingerprint density at radius 1 is 0.455 bits per heavy atom. The number of fused-ring (bicyclic) bond motifs is 6. The molecule has 5 aromatic carbocycles. The monoisotopic (exact) mass is 563 g/mol. The fourth-order valence-electron chi connectivity index (χ4n) is 6.43. The maximum absolute atomic E-state index is 5.00. The van der Waals surface area contributed by atoms with Gasteiger partial charge >= 0.3 is 0 Å². The van der Waals surface area contributed by atoms with Gasteiger partial charge in [0.05, 0.1) is 11.0 Å². The molecular formula is C39H25N5. The third-order valence-electron chi connectivity index (χ3n) is 8.52. The lowest BCUT2D eigenvalue weighted by Gasteiger charge is -2.10. The van der Waals surface area contributed by atoms with Crippen LogP contribution in [0.3, 0.4) is 0 Å². The summed E-state index contributed by atoms with van der Waals surface area (Å²) in [6.45, 7) is 0. The first kappa shape index (κ1) is 24.6. The van der Waals surface area contributed by atoms with Gasteiger partial charge in [0.2, 0.25) is 0 Å². The molecule has 8 aromatic rings. The first-order valence-corrected chi connectivity index (χ1v) is 14.8. The lowest BCUT2D eigenvalue weighted by atomic mass is 10.0. The molecule has 0 N–H and O–H groups in total. The van der Waals surface area contributed by atoms with Gasteiger partial charge in [-0.2, -0.15) is 0 Å². The fraction of sp³-hybridized carbons (Fsp3) is 0.0256. The van der Waals surface area contributed by atoms with Crippen LogP contribution in [0, 0.1) is 0 Å². The summed E-state index contributed by atoms with van der Waals surface area (Å²) in [5.41, 5.74) is 10.4. The first-order chi connectivity index (χ1) is 21.8. The molecule has 3 aromatic heterocycles. The van der Waals surface area contributed by atoms with Gasteiger partial charge < -0.3 is 0 Å². The van der Waals surface area contributed by atoms with Crippen LogP contribution in [0.25, 0.3) is 72.9 Å². The van der Waals surface area contributed by atoms with Gasteiger partial charge in [-0.05, 0) is 59.0 Å². The maximum Gasteiger partial charge on any atom is 0.165 e. The molecule has 0 atom stereocenters. The highest BCUT2D eigenvalue weighted by Gasteiger charge is 2.22. The number of pyridine rings is 1. The second kappa shape index (κ2) is 9.82. The van der Waals surface area contributed by atoms with Crippen LogP contribution in [-0.2, 0) is 6.42 Å². The van der Waals surface area contributed by atoms with Crippen LogP contribution in [0.1, 0.15) is 11.1 Å². The number of para-hydroxylation sites is 1. The molecule has 0 radical (unpaired) electrons. The minimum Gasteiger partial charge on any atom is -0.294 e. The quantitative estimate of drug-likeness (QED) is 0.214. The molecule has 206 valence electrons. The van der Waals surface area contributed by atoms with Crippen molar-refractivity contribution in [2.24, 2.45) is 0 Å². The Morgan fingerprint density at radius 3 is 1.80 bits per heavy atom. The van der Waals surface area contributed by atoms with Gasteiger partial charge in [-0.1, -0.05) is 103 Å². The van der Waals surface area contributed by atoms with Crippen molar-refractivity contribution in [3.63, 3.8) is 0 Å². The summed E-state index contributed by atoms with van der Waals surface area (Å²) in [4.78, 5) is 19.6. The van der Waals surface area contributed by atoms with Gasteiger partial charge in [-0.3, -0.25) is 4.57 Å². The van der Waals surface area contributed by atoms with Gasteiger partial charge in [0.1, 0.15) is 5.82 Å². The third-order valence-corrected chi connectivity index (χ3v) is 8.52. The number of benzene rings is 5. The van der Waals surface area contributed by atoms with Gasteiger partial charge in [-0.15, -0.1) is 0 Å². The number of aromatic nitrogens is 5. The van der Waals surface area contributed by atoms with Crippen molar-refractivity contribution in [3.05, 3.63) is 151 Å². The van der Waals surface area contributed by atoms with Crippen molar-refractivity contribution in [2.45, 2.75) is 6.42 Å². The highest BCUT2D eigenvalue weighted by molar-refractivity contribution is 6.11. The Morgan fingerprint density at radius 2 is 1.09 bits per heavy atom. The van der Waals surface area contributed by atoms with E-state index in [1.165, 1.54) is 33.0 Å². The number of nitrogens with zero attached hydrogens (tertiary/aromatic N) is 5. The van der Waals surface area contributed by atoms with Crippen molar-refractivity contribution in [1.82, 2.24) is 24.5 Å². The minimum atomic E-state index is 0.592. The third kappa shape index (κ3) is 3.94. The summed E-state index contributed by atoms with van der Waals surface area (Å²) < 4.78 is 2.27. The normalized spacial score (nSPS) is 12.0. The molecule has 1 aliphatic rings. The van der Waals surface area contributed by atoms with Gasteiger partial charge in [-0.25, -0.2) is 19.9 Å². The van der Waals surface area contributed by atoms with Crippen LogP contribution in [0.15, 0.2) is 140 Å². The van der Waals surface area contributed by atoms with E-state index in [0.29, 0.717) is 17.5 Å². The molecule has 0 saturated heterocycles. The van der Waals surface area contributed by atoms with Crippen LogP contribution >= 0.6 is 0 Å². The molecule has 0 unspecified atom stereocenters. The number of hydrogen-bond acceptors (Lipinski definition) is 4. The van der Waals surface area contributed by atoms with Crippen molar-refractivity contribution < 1.29 is 0 Å². The average molecular weight is 564 g/mol.